The zero-order chi connectivity index (χ0) is 25.8. The summed E-state index contributed by atoms with van der Waals surface area (Å²) in [6, 6.07) is 16.7. The SMILES string of the molecule is Nc1ccc(C=CC(=O)NCc2cc3cc(-c4ccc(C(=O)N5CCNCC5)cc4)cc(Cl)c3o2)cn1. The molecule has 1 aliphatic heterocycles. The highest BCUT2D eigenvalue weighted by atomic mass is 35.5. The molecule has 0 radical (unpaired) electrons. The predicted molar refractivity (Wildman–Crippen MR) is 145 cm³/mol. The first-order valence-corrected chi connectivity index (χ1v) is 12.3. The van der Waals surface area contributed by atoms with Gasteiger partial charge in [-0.3, -0.25) is 9.59 Å². The second-order valence-corrected chi connectivity index (χ2v) is 9.18. The largest absolute Gasteiger partial charge is 0.458 e. The third kappa shape index (κ3) is 5.82. The molecule has 0 atom stereocenters. The molecule has 3 heterocycles. The molecular formula is C28H26ClN5O3. The molecule has 0 bridgehead atoms. The topological polar surface area (TPSA) is 113 Å². The van der Waals surface area contributed by atoms with E-state index in [-0.39, 0.29) is 18.4 Å². The molecule has 1 aliphatic rings. The summed E-state index contributed by atoms with van der Waals surface area (Å²) in [4.78, 5) is 30.8. The van der Waals surface area contributed by atoms with Gasteiger partial charge < -0.3 is 25.7 Å². The summed E-state index contributed by atoms with van der Waals surface area (Å²) < 4.78 is 5.88. The molecule has 1 fully saturated rings. The van der Waals surface area contributed by atoms with E-state index in [9.17, 15) is 9.59 Å². The zero-order valence-electron chi connectivity index (χ0n) is 20.0. The number of pyridine rings is 1. The van der Waals surface area contributed by atoms with Crippen LogP contribution in [0.3, 0.4) is 0 Å². The van der Waals surface area contributed by atoms with Crippen molar-refractivity contribution in [1.82, 2.24) is 20.5 Å². The van der Waals surface area contributed by atoms with Crippen LogP contribution in [0.15, 0.2) is 71.3 Å². The molecule has 5 rings (SSSR count). The quantitative estimate of drug-likeness (QED) is 0.333. The fourth-order valence-electron chi connectivity index (χ4n) is 4.19. The first-order chi connectivity index (χ1) is 18.0. The molecule has 0 aliphatic carbocycles. The molecule has 4 aromatic rings. The van der Waals surface area contributed by atoms with Gasteiger partial charge in [0.1, 0.15) is 11.6 Å². The molecule has 0 saturated carbocycles. The van der Waals surface area contributed by atoms with Gasteiger partial charge in [-0.25, -0.2) is 4.98 Å². The van der Waals surface area contributed by atoms with Gasteiger partial charge in [-0.05, 0) is 65.2 Å². The summed E-state index contributed by atoms with van der Waals surface area (Å²) in [5.74, 6) is 0.788. The van der Waals surface area contributed by atoms with E-state index in [1.165, 1.54) is 6.08 Å². The van der Waals surface area contributed by atoms with Gasteiger partial charge in [0, 0.05) is 49.4 Å². The number of amides is 2. The maximum Gasteiger partial charge on any atom is 0.253 e. The fraction of sp³-hybridized carbons (Fsp3) is 0.179. The highest BCUT2D eigenvalue weighted by Crippen LogP contribution is 2.33. The number of halogens is 1. The van der Waals surface area contributed by atoms with Crippen molar-refractivity contribution in [2.75, 3.05) is 31.9 Å². The Bertz CT molecular complexity index is 1460. The standard InChI is InChI=1S/C28H26ClN5O3/c29-24-15-21(19-3-5-20(6-4-19)28(36)34-11-9-31-10-12-34)13-22-14-23(37-27(22)24)17-33-26(35)8-2-18-1-7-25(30)32-16-18/h1-8,13-16,31H,9-12,17H2,(H2,30,32)(H,33,35). The summed E-state index contributed by atoms with van der Waals surface area (Å²) in [5, 5.41) is 7.36. The van der Waals surface area contributed by atoms with Crippen molar-refractivity contribution in [3.63, 3.8) is 0 Å². The van der Waals surface area contributed by atoms with E-state index in [4.69, 9.17) is 21.8 Å². The number of carbonyl (C=O) groups is 2. The minimum absolute atomic E-state index is 0.0445. The minimum atomic E-state index is -0.264. The maximum atomic E-state index is 12.7. The van der Waals surface area contributed by atoms with Gasteiger partial charge in [-0.1, -0.05) is 23.7 Å². The van der Waals surface area contributed by atoms with Gasteiger partial charge in [0.2, 0.25) is 5.91 Å². The molecule has 8 nitrogen and oxygen atoms in total. The van der Waals surface area contributed by atoms with Crippen molar-refractivity contribution in [3.05, 3.63) is 88.8 Å². The average molecular weight is 516 g/mol. The average Bonchev–Trinajstić information content (AvgIpc) is 3.35. The number of hydrogen-bond donors (Lipinski definition) is 3. The number of furan rings is 1. The van der Waals surface area contributed by atoms with Crippen LogP contribution in [0, 0.1) is 0 Å². The van der Waals surface area contributed by atoms with E-state index >= 15 is 0 Å². The number of rotatable bonds is 6. The van der Waals surface area contributed by atoms with Gasteiger partial charge in [-0.2, -0.15) is 0 Å². The van der Waals surface area contributed by atoms with Crippen LogP contribution < -0.4 is 16.4 Å². The summed E-state index contributed by atoms with van der Waals surface area (Å²) in [6.45, 7) is 3.28. The molecule has 0 unspecified atom stereocenters. The molecule has 1 saturated heterocycles. The van der Waals surface area contributed by atoms with Crippen molar-refractivity contribution in [2.24, 2.45) is 0 Å². The lowest BCUT2D eigenvalue weighted by atomic mass is 10.0. The normalized spacial score (nSPS) is 13.8. The summed E-state index contributed by atoms with van der Waals surface area (Å²) in [7, 11) is 0. The summed E-state index contributed by atoms with van der Waals surface area (Å²) in [5.41, 5.74) is 9.43. The molecule has 2 aromatic heterocycles. The molecule has 2 amide bonds. The van der Waals surface area contributed by atoms with E-state index in [2.05, 4.69) is 15.6 Å². The molecule has 4 N–H and O–H groups in total. The van der Waals surface area contributed by atoms with E-state index in [0.717, 1.165) is 35.2 Å². The Morgan fingerprint density at radius 1 is 1.08 bits per heavy atom. The second kappa shape index (κ2) is 10.9. The molecule has 0 spiro atoms. The van der Waals surface area contributed by atoms with Gasteiger partial charge >= 0.3 is 0 Å². The maximum absolute atomic E-state index is 12.7. The van der Waals surface area contributed by atoms with E-state index in [1.807, 2.05) is 47.4 Å². The number of piperazine rings is 1. The number of nitrogen functional groups attached to an aromatic ring is 1. The second-order valence-electron chi connectivity index (χ2n) is 8.78. The number of benzene rings is 2. The number of nitrogens with zero attached hydrogens (tertiary/aromatic N) is 2. The van der Waals surface area contributed by atoms with Gasteiger partial charge in [-0.15, -0.1) is 0 Å². The lowest BCUT2D eigenvalue weighted by molar-refractivity contribution is -0.116. The van der Waals surface area contributed by atoms with Crippen LogP contribution >= 0.6 is 11.6 Å². The van der Waals surface area contributed by atoms with Crippen molar-refractivity contribution in [3.8, 4) is 11.1 Å². The summed E-state index contributed by atoms with van der Waals surface area (Å²) >= 11 is 6.53. The molecule has 188 valence electrons. The van der Waals surface area contributed by atoms with Crippen molar-refractivity contribution >= 4 is 46.3 Å². The number of carbonyl (C=O) groups excluding carboxylic acids is 2. The van der Waals surface area contributed by atoms with Gasteiger partial charge in [0.25, 0.3) is 5.91 Å². The first-order valence-electron chi connectivity index (χ1n) is 12.0. The highest BCUT2D eigenvalue weighted by molar-refractivity contribution is 6.35. The van der Waals surface area contributed by atoms with Crippen LogP contribution in [-0.2, 0) is 11.3 Å². The Kier molecular flexibility index (Phi) is 7.20. The number of nitrogens with one attached hydrogen (secondary N) is 2. The number of aromatic nitrogens is 1. The Balaban J connectivity index is 1.26. The highest BCUT2D eigenvalue weighted by Gasteiger charge is 2.18. The van der Waals surface area contributed by atoms with Crippen LogP contribution in [0.2, 0.25) is 5.02 Å². The fourth-order valence-corrected chi connectivity index (χ4v) is 4.46. The van der Waals surface area contributed by atoms with E-state index in [0.29, 0.717) is 40.8 Å². The van der Waals surface area contributed by atoms with Gasteiger partial charge in [0.15, 0.2) is 5.58 Å². The Labute approximate surface area is 219 Å². The number of fused-ring (bicyclic) bond motifs is 1. The molecule has 2 aromatic carbocycles. The zero-order valence-corrected chi connectivity index (χ0v) is 20.8. The predicted octanol–water partition coefficient (Wildman–Crippen LogP) is 4.11. The third-order valence-corrected chi connectivity index (χ3v) is 6.45. The Morgan fingerprint density at radius 2 is 1.86 bits per heavy atom. The Morgan fingerprint density at radius 3 is 2.59 bits per heavy atom. The number of nitrogens with two attached hydrogens (primary N) is 1. The van der Waals surface area contributed by atoms with Crippen LogP contribution in [-0.4, -0.2) is 47.9 Å². The van der Waals surface area contributed by atoms with Crippen LogP contribution in [0.25, 0.3) is 28.2 Å². The van der Waals surface area contributed by atoms with Crippen molar-refractivity contribution < 1.29 is 14.0 Å². The van der Waals surface area contributed by atoms with Gasteiger partial charge in [0.05, 0.1) is 11.6 Å². The molecule has 9 heteroatoms. The van der Waals surface area contributed by atoms with Crippen LogP contribution in [0.5, 0.6) is 0 Å². The minimum Gasteiger partial charge on any atom is -0.458 e. The smallest absolute Gasteiger partial charge is 0.253 e. The summed E-state index contributed by atoms with van der Waals surface area (Å²) in [6.07, 6.45) is 4.68. The van der Waals surface area contributed by atoms with Crippen LogP contribution in [0.1, 0.15) is 21.7 Å². The third-order valence-electron chi connectivity index (χ3n) is 6.16. The monoisotopic (exact) mass is 515 g/mol. The first kappa shape index (κ1) is 24.5. The Hall–Kier alpha value is -4.14. The van der Waals surface area contributed by atoms with Crippen LogP contribution in [0.4, 0.5) is 5.82 Å². The molecule has 37 heavy (non-hydrogen) atoms. The molecular weight excluding hydrogens is 490 g/mol. The lowest BCUT2D eigenvalue weighted by Crippen LogP contribution is -2.46. The number of anilines is 1. The number of hydrogen-bond acceptors (Lipinski definition) is 6. The van der Waals surface area contributed by atoms with Crippen molar-refractivity contribution in [1.29, 1.82) is 0 Å². The van der Waals surface area contributed by atoms with Crippen molar-refractivity contribution in [2.45, 2.75) is 6.54 Å². The van der Waals surface area contributed by atoms with E-state index < -0.39 is 0 Å². The van der Waals surface area contributed by atoms with E-state index in [1.54, 1.807) is 24.4 Å². The lowest BCUT2D eigenvalue weighted by Gasteiger charge is -2.27.